The molecule has 0 saturated carbocycles. The topological polar surface area (TPSA) is 251 Å². The number of carbonyl (C=O) groups excluding carboxylic acids is 5. The third kappa shape index (κ3) is 8.43. The molecule has 6 rings (SSSR count). The number of amides is 3. The number of oxime groups is 1. The smallest absolute Gasteiger partial charge is 0.546 e. The number of carboxylic acid groups (broad SMARTS) is 2. The number of likely N-dealkylation sites (tertiary alicyclic amines) is 2. The van der Waals surface area contributed by atoms with Crippen LogP contribution < -0.4 is 50.8 Å². The molecule has 21 heteroatoms. The zero-order valence-electron chi connectivity index (χ0n) is 30.6. The van der Waals surface area contributed by atoms with Crippen molar-refractivity contribution in [1.82, 2.24) is 20.1 Å². The summed E-state index contributed by atoms with van der Waals surface area (Å²) in [6.45, 7) is 5.23. The summed E-state index contributed by atoms with van der Waals surface area (Å²) in [6, 6.07) is 1.50. The maximum absolute atomic E-state index is 13.5. The number of piperidine rings is 2. The molecule has 3 saturated heterocycles. The van der Waals surface area contributed by atoms with Crippen LogP contribution in [0.5, 0.6) is 11.5 Å². The average molecular weight is 828 g/mol. The fourth-order valence-corrected chi connectivity index (χ4v) is 9.37. The van der Waals surface area contributed by atoms with Crippen LogP contribution in [0.2, 0.25) is 5.02 Å². The molecule has 17 nitrogen and oxygen atoms in total. The Balaban J connectivity index is 0.00000580. The normalized spacial score (nSPS) is 22.0. The number of likely N-dealkylation sites (N-methyl/N-ethyl adjacent to an activating group) is 1. The number of thiazole rings is 1. The summed E-state index contributed by atoms with van der Waals surface area (Å²) in [5, 5.41) is 50.5. The predicted octanol–water partition coefficient (Wildman–Crippen LogP) is -3.39. The zero-order chi connectivity index (χ0) is 39.3. The van der Waals surface area contributed by atoms with E-state index in [1.165, 1.54) is 43.1 Å². The number of carboxylic acids is 2. The van der Waals surface area contributed by atoms with Gasteiger partial charge >= 0.3 is 29.6 Å². The van der Waals surface area contributed by atoms with Crippen LogP contribution in [0.15, 0.2) is 33.9 Å². The van der Waals surface area contributed by atoms with Crippen LogP contribution in [-0.4, -0.2) is 127 Å². The predicted molar refractivity (Wildman–Crippen MR) is 193 cm³/mol. The second-order valence-electron chi connectivity index (χ2n) is 14.8. The molecule has 0 aliphatic carbocycles. The zero-order valence-corrected chi connectivity index (χ0v) is 35.0. The van der Waals surface area contributed by atoms with Crippen LogP contribution in [-0.2, 0) is 24.0 Å². The van der Waals surface area contributed by atoms with E-state index in [0.717, 1.165) is 55.0 Å². The Morgan fingerprint density at radius 2 is 1.82 bits per heavy atom. The number of hydrogen-bond donors (Lipinski definition) is 4. The van der Waals surface area contributed by atoms with E-state index in [-0.39, 0.29) is 73.7 Å². The van der Waals surface area contributed by atoms with Crippen molar-refractivity contribution in [2.75, 3.05) is 51.3 Å². The quantitative estimate of drug-likeness (QED) is 0.0456. The van der Waals surface area contributed by atoms with Crippen LogP contribution >= 0.6 is 34.7 Å². The number of halogens is 1. The average Bonchev–Trinajstić information content (AvgIpc) is 3.56. The van der Waals surface area contributed by atoms with Crippen molar-refractivity contribution in [1.29, 1.82) is 0 Å². The van der Waals surface area contributed by atoms with Crippen molar-refractivity contribution >= 4 is 75.2 Å². The largest absolute Gasteiger partial charge is 1.00 e. The summed E-state index contributed by atoms with van der Waals surface area (Å²) in [6.07, 6.45) is 3.24. The number of nitrogen functional groups attached to an aromatic ring is 1. The summed E-state index contributed by atoms with van der Waals surface area (Å²) in [7, 11) is 2.05. The Kier molecular flexibility index (Phi) is 12.5. The van der Waals surface area contributed by atoms with Gasteiger partial charge in [0.05, 0.1) is 48.4 Å². The second-order valence-corrected chi connectivity index (χ2v) is 17.2. The van der Waals surface area contributed by atoms with Crippen LogP contribution in [0.1, 0.15) is 55.6 Å². The number of rotatable bonds is 10. The molecule has 290 valence electrons. The van der Waals surface area contributed by atoms with Crippen LogP contribution in [0.3, 0.4) is 0 Å². The number of aliphatic carboxylic acids is 2. The molecule has 2 aromatic rings. The van der Waals surface area contributed by atoms with Crippen molar-refractivity contribution in [3.05, 3.63) is 45.1 Å². The van der Waals surface area contributed by atoms with Crippen molar-refractivity contribution in [2.45, 2.75) is 56.5 Å². The molecule has 4 aliphatic heterocycles. The number of nitrogens with one attached hydrogen (secondary N) is 1. The molecular formula is C34H39ClN7NaO10S2. The Morgan fingerprint density at radius 3 is 2.40 bits per heavy atom. The first-order valence-corrected chi connectivity index (χ1v) is 19.4. The number of hydrogen-bond acceptors (Lipinski definition) is 15. The molecule has 5 heterocycles. The molecule has 2 atom stereocenters. The standard InChI is InChI=1S/C34H40ClN7O10S2.Na/c1-33(2,31(50)51)52-39-22(19-16-54-32(36)37-19)26(45)38-23-28(47)41-24(30(48)49)17(15-53-29(23)41)14-42(3)12-8-34(9-13-42)6-10-40(11-7-34)27(46)18-4-5-20(43)25(44)21(18)35;/h4-5,16,23,29H,6-15H2,1-3H3,(H6-,36,37,38,39,43,44,45,46,48,49,50,51);/q;+1/p-1/t23-,29-;/m1./s1. The number of aromatic hydroxyl groups is 2. The number of nitrogens with zero attached hydrogens (tertiary/aromatic N) is 5. The first kappa shape index (κ1) is 42.6. The number of thioether (sulfide) groups is 1. The Hall–Kier alpha value is -3.59. The fourth-order valence-electron chi connectivity index (χ4n) is 7.24. The summed E-state index contributed by atoms with van der Waals surface area (Å²) >= 11 is 8.45. The molecular weight excluding hydrogens is 789 g/mol. The monoisotopic (exact) mass is 827 g/mol. The van der Waals surface area contributed by atoms with E-state index in [4.69, 9.17) is 22.2 Å². The number of benzene rings is 1. The van der Waals surface area contributed by atoms with Gasteiger partial charge in [-0.2, -0.15) is 0 Å². The van der Waals surface area contributed by atoms with Gasteiger partial charge in [-0.15, -0.1) is 23.1 Å². The molecule has 0 radical (unpaired) electrons. The van der Waals surface area contributed by atoms with Gasteiger partial charge in [-0.3, -0.25) is 19.3 Å². The molecule has 1 spiro atoms. The van der Waals surface area contributed by atoms with Crippen LogP contribution in [0, 0.1) is 5.41 Å². The van der Waals surface area contributed by atoms with Crippen molar-refractivity contribution in [2.24, 2.45) is 10.6 Å². The number of carbonyl (C=O) groups is 5. The van der Waals surface area contributed by atoms with Gasteiger partial charge in [0, 0.05) is 42.6 Å². The third-order valence-corrected chi connectivity index (χ3v) is 13.1. The molecule has 3 fully saturated rings. The number of fused-ring (bicyclic) bond motifs is 1. The van der Waals surface area contributed by atoms with E-state index < -0.39 is 58.0 Å². The van der Waals surface area contributed by atoms with E-state index >= 15 is 0 Å². The van der Waals surface area contributed by atoms with Crippen molar-refractivity contribution in [3.63, 3.8) is 0 Å². The molecule has 0 unspecified atom stereocenters. The van der Waals surface area contributed by atoms with Gasteiger partial charge in [-0.1, -0.05) is 16.8 Å². The summed E-state index contributed by atoms with van der Waals surface area (Å²) in [5.74, 6) is -5.61. The van der Waals surface area contributed by atoms with E-state index in [1.807, 2.05) is 0 Å². The number of quaternary nitrogens is 1. The first-order valence-electron chi connectivity index (χ1n) is 17.1. The number of phenols is 2. The van der Waals surface area contributed by atoms with E-state index in [9.17, 15) is 44.4 Å². The number of anilines is 1. The second kappa shape index (κ2) is 16.1. The molecule has 4 aliphatic rings. The van der Waals surface area contributed by atoms with Gasteiger partial charge in [0.2, 0.25) is 0 Å². The molecule has 3 amide bonds. The fraction of sp³-hybridized carbons (Fsp3) is 0.500. The van der Waals surface area contributed by atoms with Crippen LogP contribution in [0.25, 0.3) is 0 Å². The maximum atomic E-state index is 13.5. The Labute approximate surface area is 351 Å². The van der Waals surface area contributed by atoms with Gasteiger partial charge in [0.1, 0.15) is 23.7 Å². The number of β-lactam (4-membered cyclic amide) rings is 1. The molecule has 1 aromatic carbocycles. The van der Waals surface area contributed by atoms with Crippen molar-refractivity contribution in [3.8, 4) is 11.5 Å². The number of nitrogens with two attached hydrogens (primary N) is 1. The minimum absolute atomic E-state index is 0. The van der Waals surface area contributed by atoms with Gasteiger partial charge < -0.3 is 55.3 Å². The van der Waals surface area contributed by atoms with Crippen molar-refractivity contribution < 1.29 is 83.3 Å². The summed E-state index contributed by atoms with van der Waals surface area (Å²) < 4.78 is 0.547. The van der Waals surface area contributed by atoms with E-state index in [2.05, 4.69) is 22.5 Å². The van der Waals surface area contributed by atoms with Crippen LogP contribution in [0.4, 0.5) is 5.13 Å². The SMILES string of the molecule is CC(C)(O/N=C(\C(=O)N[C@@H]1C(=O)N2C(C(=O)[O-])=C(C[N+]3(C)CCC4(CCN(C(=O)c5ccc(O)c(O)c5Cl)CC4)CC3)CS[C@H]12)c1csc(N)n1)C(=O)[O-].[Na+]. The number of phenolic OH excluding ortho intramolecular Hbond substituents is 2. The Morgan fingerprint density at radius 1 is 1.16 bits per heavy atom. The summed E-state index contributed by atoms with van der Waals surface area (Å²) in [5.41, 5.74) is 3.86. The molecule has 1 aromatic heterocycles. The summed E-state index contributed by atoms with van der Waals surface area (Å²) in [4.78, 5) is 76.0. The minimum Gasteiger partial charge on any atom is -0.546 e. The Bertz CT molecular complexity index is 1970. The molecule has 55 heavy (non-hydrogen) atoms. The number of aromatic nitrogens is 1. The first-order chi connectivity index (χ1) is 25.4. The van der Waals surface area contributed by atoms with E-state index in [0.29, 0.717) is 29.7 Å². The maximum Gasteiger partial charge on any atom is 1.00 e. The minimum atomic E-state index is -1.90. The van der Waals surface area contributed by atoms with E-state index in [1.54, 1.807) is 4.90 Å². The van der Waals surface area contributed by atoms with Gasteiger partial charge in [0.15, 0.2) is 27.9 Å². The van der Waals surface area contributed by atoms with Gasteiger partial charge in [-0.05, 0) is 44.2 Å². The third-order valence-electron chi connectivity index (χ3n) is 10.7. The van der Waals surface area contributed by atoms with Gasteiger partial charge in [0.25, 0.3) is 17.7 Å². The molecule has 5 N–H and O–H groups in total. The molecule has 0 bridgehead atoms. The van der Waals surface area contributed by atoms with Gasteiger partial charge in [-0.25, -0.2) is 4.98 Å².